The van der Waals surface area contributed by atoms with Crippen LogP contribution in [0.3, 0.4) is 0 Å². The zero-order valence-electron chi connectivity index (χ0n) is 15.7. The molecule has 30 heavy (non-hydrogen) atoms. The number of benzene rings is 3. The normalized spacial score (nSPS) is 11.0. The van der Waals surface area contributed by atoms with Crippen LogP contribution in [0.1, 0.15) is 10.4 Å². The maximum Gasteiger partial charge on any atom is 0.251 e. The van der Waals surface area contributed by atoms with E-state index in [0.717, 1.165) is 38.5 Å². The summed E-state index contributed by atoms with van der Waals surface area (Å²) in [5.74, 6) is 0.411. The predicted molar refractivity (Wildman–Crippen MR) is 121 cm³/mol. The number of aldehydes is 1. The van der Waals surface area contributed by atoms with Crippen molar-refractivity contribution in [3.05, 3.63) is 95.1 Å². The molecule has 2 aromatic heterocycles. The predicted octanol–water partition coefficient (Wildman–Crippen LogP) is 5.72. The fourth-order valence-electron chi connectivity index (χ4n) is 3.40. The molecule has 0 spiro atoms. The molecule has 0 amide bonds. The van der Waals surface area contributed by atoms with Gasteiger partial charge in [0.05, 0.1) is 16.8 Å². The summed E-state index contributed by atoms with van der Waals surface area (Å²) in [5, 5.41) is 5.57. The Morgan fingerprint density at radius 1 is 0.800 bits per heavy atom. The summed E-state index contributed by atoms with van der Waals surface area (Å²) in [4.78, 5) is 21.2. The molecular formula is C24H15BrN4O. The van der Waals surface area contributed by atoms with Crippen LogP contribution in [-0.2, 0) is 0 Å². The Labute approximate surface area is 181 Å². The van der Waals surface area contributed by atoms with Crippen LogP contribution in [0.2, 0.25) is 0 Å². The third-order valence-electron chi connectivity index (χ3n) is 4.81. The fourth-order valence-corrected chi connectivity index (χ4v) is 3.76. The van der Waals surface area contributed by atoms with Gasteiger partial charge in [0.25, 0.3) is 5.95 Å². The first-order valence-corrected chi connectivity index (χ1v) is 10.2. The van der Waals surface area contributed by atoms with Crippen molar-refractivity contribution in [2.24, 2.45) is 0 Å². The van der Waals surface area contributed by atoms with Gasteiger partial charge in [0.2, 0.25) is 0 Å². The number of carbonyl (C=O) groups excluding carboxylic acids is 1. The minimum Gasteiger partial charge on any atom is -0.298 e. The van der Waals surface area contributed by atoms with Crippen LogP contribution < -0.4 is 0 Å². The van der Waals surface area contributed by atoms with Gasteiger partial charge >= 0.3 is 0 Å². The van der Waals surface area contributed by atoms with E-state index in [-0.39, 0.29) is 0 Å². The van der Waals surface area contributed by atoms with Gasteiger partial charge in [-0.05, 0) is 18.2 Å². The largest absolute Gasteiger partial charge is 0.298 e. The molecule has 5 rings (SSSR count). The van der Waals surface area contributed by atoms with E-state index < -0.39 is 0 Å². The van der Waals surface area contributed by atoms with Crippen LogP contribution >= 0.6 is 15.9 Å². The number of fused-ring (bicyclic) bond motifs is 1. The molecule has 0 unspecified atom stereocenters. The minimum absolute atomic E-state index is 0.411. The summed E-state index contributed by atoms with van der Waals surface area (Å²) in [6.45, 7) is 0. The van der Waals surface area contributed by atoms with Gasteiger partial charge < -0.3 is 0 Å². The average molecular weight is 455 g/mol. The van der Waals surface area contributed by atoms with Gasteiger partial charge in [0, 0.05) is 27.2 Å². The fraction of sp³-hybridized carbons (Fsp3) is 0. The molecule has 0 N–H and O–H groups in total. The molecule has 2 heterocycles. The zero-order chi connectivity index (χ0) is 20.5. The van der Waals surface area contributed by atoms with Crippen LogP contribution in [0.4, 0.5) is 0 Å². The summed E-state index contributed by atoms with van der Waals surface area (Å²) >= 11 is 3.54. The molecule has 3 aromatic carbocycles. The Hall–Kier alpha value is -3.64. The molecule has 0 aliphatic heterocycles. The second-order valence-electron chi connectivity index (χ2n) is 6.76. The van der Waals surface area contributed by atoms with Crippen LogP contribution in [0.15, 0.2) is 89.5 Å². The van der Waals surface area contributed by atoms with Gasteiger partial charge in [-0.1, -0.05) is 76.6 Å². The Kier molecular flexibility index (Phi) is 4.69. The third-order valence-corrected chi connectivity index (χ3v) is 5.31. The summed E-state index contributed by atoms with van der Waals surface area (Å²) in [6.07, 6.45) is 2.48. The maximum absolute atomic E-state index is 11.7. The molecule has 6 heteroatoms. The number of hydrogen-bond acceptors (Lipinski definition) is 4. The Morgan fingerprint density at radius 3 is 2.13 bits per heavy atom. The summed E-state index contributed by atoms with van der Waals surface area (Å²) in [5.41, 5.74) is 4.54. The molecule has 0 bridgehead atoms. The van der Waals surface area contributed by atoms with Crippen LogP contribution in [0.5, 0.6) is 0 Å². The highest BCUT2D eigenvalue weighted by atomic mass is 79.9. The Morgan fingerprint density at radius 2 is 1.47 bits per heavy atom. The first-order chi connectivity index (χ1) is 14.7. The standard InChI is InChI=1S/C24H15BrN4O/c25-19-11-12-21-20(13-19)23(17-9-5-2-6-10-17)27-24(26-21)29-14-18(15-30)22(28-29)16-7-3-1-4-8-16/h1-15H. The third kappa shape index (κ3) is 3.31. The number of halogens is 1. The van der Waals surface area contributed by atoms with Crippen molar-refractivity contribution < 1.29 is 4.79 Å². The number of hydrogen-bond donors (Lipinski definition) is 0. The SMILES string of the molecule is O=Cc1cn(-c2nc(-c3ccccc3)c3cc(Br)ccc3n2)nc1-c1ccccc1. The van der Waals surface area contributed by atoms with Crippen molar-refractivity contribution in [1.29, 1.82) is 0 Å². The molecule has 0 aliphatic carbocycles. The highest BCUT2D eigenvalue weighted by molar-refractivity contribution is 9.10. The van der Waals surface area contributed by atoms with E-state index in [0.29, 0.717) is 17.2 Å². The lowest BCUT2D eigenvalue weighted by molar-refractivity contribution is 0.112. The summed E-state index contributed by atoms with van der Waals surface area (Å²) in [7, 11) is 0. The van der Waals surface area contributed by atoms with Gasteiger partial charge in [-0.15, -0.1) is 0 Å². The van der Waals surface area contributed by atoms with Crippen molar-refractivity contribution in [2.45, 2.75) is 0 Å². The maximum atomic E-state index is 11.7. The van der Waals surface area contributed by atoms with Crippen molar-refractivity contribution >= 4 is 33.1 Å². The van der Waals surface area contributed by atoms with E-state index in [9.17, 15) is 4.79 Å². The minimum atomic E-state index is 0.411. The molecule has 0 atom stereocenters. The lowest BCUT2D eigenvalue weighted by Gasteiger charge is -2.09. The Bertz CT molecular complexity index is 1360. The molecule has 0 fully saturated rings. The molecule has 144 valence electrons. The molecule has 0 aliphatic rings. The summed E-state index contributed by atoms with van der Waals surface area (Å²) < 4.78 is 2.53. The van der Waals surface area contributed by atoms with Crippen molar-refractivity contribution in [3.63, 3.8) is 0 Å². The van der Waals surface area contributed by atoms with Crippen molar-refractivity contribution in [2.75, 3.05) is 0 Å². The van der Waals surface area contributed by atoms with Crippen molar-refractivity contribution in [3.8, 4) is 28.5 Å². The van der Waals surface area contributed by atoms with Gasteiger partial charge in [-0.3, -0.25) is 4.79 Å². The van der Waals surface area contributed by atoms with Crippen LogP contribution in [0, 0.1) is 0 Å². The highest BCUT2D eigenvalue weighted by Crippen LogP contribution is 2.30. The Balaban J connectivity index is 1.74. The van der Waals surface area contributed by atoms with E-state index in [2.05, 4.69) is 21.0 Å². The van der Waals surface area contributed by atoms with E-state index in [1.165, 1.54) is 0 Å². The first-order valence-electron chi connectivity index (χ1n) is 9.36. The van der Waals surface area contributed by atoms with E-state index in [1.54, 1.807) is 10.9 Å². The van der Waals surface area contributed by atoms with Gasteiger partial charge in [-0.2, -0.15) is 5.10 Å². The topological polar surface area (TPSA) is 60.7 Å². The zero-order valence-corrected chi connectivity index (χ0v) is 17.3. The van der Waals surface area contributed by atoms with Gasteiger partial charge in [-0.25, -0.2) is 14.6 Å². The molecule has 5 nitrogen and oxygen atoms in total. The smallest absolute Gasteiger partial charge is 0.251 e. The van der Waals surface area contributed by atoms with Gasteiger partial charge in [0.1, 0.15) is 5.69 Å². The summed E-state index contributed by atoms with van der Waals surface area (Å²) in [6, 6.07) is 25.5. The lowest BCUT2D eigenvalue weighted by Crippen LogP contribution is -2.04. The molecule has 0 saturated heterocycles. The van der Waals surface area contributed by atoms with Gasteiger partial charge in [0.15, 0.2) is 6.29 Å². The van der Waals surface area contributed by atoms with E-state index in [1.807, 2.05) is 78.9 Å². The van der Waals surface area contributed by atoms with Crippen molar-refractivity contribution in [1.82, 2.24) is 19.7 Å². The number of carbonyl (C=O) groups is 1. The molecule has 0 saturated carbocycles. The first kappa shape index (κ1) is 18.4. The number of rotatable bonds is 4. The lowest BCUT2D eigenvalue weighted by atomic mass is 10.1. The number of nitrogens with zero attached hydrogens (tertiary/aromatic N) is 4. The van der Waals surface area contributed by atoms with E-state index >= 15 is 0 Å². The molecular weight excluding hydrogens is 440 g/mol. The quantitative estimate of drug-likeness (QED) is 0.325. The monoisotopic (exact) mass is 454 g/mol. The average Bonchev–Trinajstić information content (AvgIpc) is 3.24. The molecule has 5 aromatic rings. The van der Waals surface area contributed by atoms with Crippen LogP contribution in [0.25, 0.3) is 39.4 Å². The number of aromatic nitrogens is 4. The second kappa shape index (κ2) is 7.65. The van der Waals surface area contributed by atoms with Crippen LogP contribution in [-0.4, -0.2) is 26.0 Å². The van der Waals surface area contributed by atoms with E-state index in [4.69, 9.17) is 9.97 Å². The second-order valence-corrected chi connectivity index (χ2v) is 7.68. The molecule has 0 radical (unpaired) electrons. The highest BCUT2D eigenvalue weighted by Gasteiger charge is 2.16.